The van der Waals surface area contributed by atoms with Crippen molar-refractivity contribution in [2.75, 3.05) is 13.1 Å². The topological polar surface area (TPSA) is 51.0 Å². The van der Waals surface area contributed by atoms with Crippen molar-refractivity contribution >= 4 is 5.91 Å². The summed E-state index contributed by atoms with van der Waals surface area (Å²) >= 11 is 0. The molecule has 5 heteroatoms. The molecular weight excluding hydrogens is 300 g/mol. The lowest BCUT2D eigenvalue weighted by Gasteiger charge is -2.22. The fraction of sp³-hybridized carbons (Fsp3) is 0.421. The van der Waals surface area contributed by atoms with E-state index >= 15 is 0 Å². The Hall–Kier alpha value is -2.43. The Labute approximate surface area is 142 Å². The monoisotopic (exact) mass is 322 g/mol. The Balaban J connectivity index is 1.55. The van der Waals surface area contributed by atoms with Crippen molar-refractivity contribution in [3.05, 3.63) is 48.6 Å². The number of amides is 1. The molecule has 2 aromatic rings. The third kappa shape index (κ3) is 2.64. The second-order valence-corrected chi connectivity index (χ2v) is 6.70. The Morgan fingerprint density at radius 2 is 1.96 bits per heavy atom. The SMILES string of the molecule is Cc1cnc(-c2ccncc2)n1C1CCN(C(=O)C2CC=CC2)C1. The molecule has 0 spiro atoms. The van der Waals surface area contributed by atoms with Gasteiger partial charge in [-0.3, -0.25) is 9.78 Å². The average Bonchev–Trinajstić information content (AvgIpc) is 3.35. The maximum absolute atomic E-state index is 12.7. The zero-order chi connectivity index (χ0) is 16.5. The highest BCUT2D eigenvalue weighted by molar-refractivity contribution is 5.80. The number of imidazole rings is 1. The van der Waals surface area contributed by atoms with Gasteiger partial charge in [0.2, 0.25) is 5.91 Å². The van der Waals surface area contributed by atoms with Crippen molar-refractivity contribution in [2.24, 2.45) is 5.92 Å². The number of hydrogen-bond acceptors (Lipinski definition) is 3. The molecule has 1 saturated heterocycles. The van der Waals surface area contributed by atoms with Crippen molar-refractivity contribution in [1.82, 2.24) is 19.4 Å². The molecule has 1 aliphatic heterocycles. The van der Waals surface area contributed by atoms with Gasteiger partial charge < -0.3 is 9.47 Å². The molecule has 5 nitrogen and oxygen atoms in total. The third-order valence-corrected chi connectivity index (χ3v) is 5.12. The standard InChI is InChI=1S/C19H22N4O/c1-14-12-21-18(15-6-9-20-10-7-15)23(14)17-8-11-22(13-17)19(24)16-4-2-3-5-16/h2-3,6-7,9-10,12,16-17H,4-5,8,11,13H2,1H3. The minimum absolute atomic E-state index is 0.160. The number of carbonyl (C=O) groups is 1. The average molecular weight is 322 g/mol. The van der Waals surface area contributed by atoms with Crippen molar-refractivity contribution in [3.63, 3.8) is 0 Å². The highest BCUT2D eigenvalue weighted by Gasteiger charge is 2.33. The van der Waals surface area contributed by atoms with Gasteiger partial charge in [-0.25, -0.2) is 4.98 Å². The maximum atomic E-state index is 12.7. The van der Waals surface area contributed by atoms with Crippen molar-refractivity contribution in [2.45, 2.75) is 32.2 Å². The van der Waals surface area contributed by atoms with Gasteiger partial charge in [0, 0.05) is 48.9 Å². The van der Waals surface area contributed by atoms with Crippen LogP contribution >= 0.6 is 0 Å². The van der Waals surface area contributed by atoms with E-state index in [1.54, 1.807) is 12.4 Å². The fourth-order valence-electron chi connectivity index (χ4n) is 3.85. The number of likely N-dealkylation sites (tertiary alicyclic amines) is 1. The fourth-order valence-corrected chi connectivity index (χ4v) is 3.85. The molecule has 1 atom stereocenters. The highest BCUT2D eigenvalue weighted by atomic mass is 16.2. The largest absolute Gasteiger partial charge is 0.340 e. The summed E-state index contributed by atoms with van der Waals surface area (Å²) < 4.78 is 2.29. The summed E-state index contributed by atoms with van der Waals surface area (Å²) in [4.78, 5) is 23.4. The van der Waals surface area contributed by atoms with Crippen molar-refractivity contribution < 1.29 is 4.79 Å². The number of aryl methyl sites for hydroxylation is 1. The van der Waals surface area contributed by atoms with Gasteiger partial charge >= 0.3 is 0 Å². The molecule has 3 heterocycles. The molecule has 0 radical (unpaired) electrons. The van der Waals surface area contributed by atoms with Crippen LogP contribution in [0, 0.1) is 12.8 Å². The normalized spacial score (nSPS) is 20.9. The minimum atomic E-state index is 0.160. The highest BCUT2D eigenvalue weighted by Crippen LogP contribution is 2.31. The Bertz CT molecular complexity index is 757. The van der Waals surface area contributed by atoms with E-state index in [9.17, 15) is 4.79 Å². The third-order valence-electron chi connectivity index (χ3n) is 5.12. The van der Waals surface area contributed by atoms with Crippen LogP contribution in [0.3, 0.4) is 0 Å². The summed E-state index contributed by atoms with van der Waals surface area (Å²) in [6, 6.07) is 4.27. The summed E-state index contributed by atoms with van der Waals surface area (Å²) in [5, 5.41) is 0. The molecule has 24 heavy (non-hydrogen) atoms. The second-order valence-electron chi connectivity index (χ2n) is 6.70. The molecule has 1 unspecified atom stereocenters. The van der Waals surface area contributed by atoms with E-state index in [0.717, 1.165) is 49.4 Å². The number of pyridine rings is 1. The van der Waals surface area contributed by atoms with Crippen LogP contribution in [0.4, 0.5) is 0 Å². The van der Waals surface area contributed by atoms with Crippen molar-refractivity contribution in [3.8, 4) is 11.4 Å². The molecule has 4 rings (SSSR count). The van der Waals surface area contributed by atoms with E-state index < -0.39 is 0 Å². The predicted octanol–water partition coefficient (Wildman–Crippen LogP) is 2.99. The van der Waals surface area contributed by atoms with Gasteiger partial charge in [-0.15, -0.1) is 0 Å². The number of allylic oxidation sites excluding steroid dienone is 2. The predicted molar refractivity (Wildman–Crippen MR) is 92.3 cm³/mol. The summed E-state index contributed by atoms with van der Waals surface area (Å²) in [6.07, 6.45) is 12.5. The number of carbonyl (C=O) groups excluding carboxylic acids is 1. The Kier molecular flexibility index (Phi) is 3.92. The molecule has 124 valence electrons. The van der Waals surface area contributed by atoms with Crippen LogP contribution in [0.2, 0.25) is 0 Å². The number of nitrogens with zero attached hydrogens (tertiary/aromatic N) is 4. The zero-order valence-corrected chi connectivity index (χ0v) is 13.9. The van der Waals surface area contributed by atoms with E-state index in [2.05, 4.69) is 33.6 Å². The van der Waals surface area contributed by atoms with Crippen LogP contribution in [-0.2, 0) is 4.79 Å². The van der Waals surface area contributed by atoms with Gasteiger partial charge in [-0.05, 0) is 38.3 Å². The van der Waals surface area contributed by atoms with Gasteiger partial charge in [-0.2, -0.15) is 0 Å². The zero-order valence-electron chi connectivity index (χ0n) is 13.9. The molecule has 0 N–H and O–H groups in total. The van der Waals surface area contributed by atoms with Gasteiger partial charge in [-0.1, -0.05) is 12.2 Å². The molecule has 0 aromatic carbocycles. The molecule has 2 aliphatic rings. The van der Waals surface area contributed by atoms with E-state index in [-0.39, 0.29) is 5.92 Å². The number of hydrogen-bond donors (Lipinski definition) is 0. The van der Waals surface area contributed by atoms with E-state index in [1.807, 2.05) is 23.2 Å². The van der Waals surface area contributed by atoms with E-state index in [4.69, 9.17) is 0 Å². The van der Waals surface area contributed by atoms with Gasteiger partial charge in [0.15, 0.2) is 0 Å². The van der Waals surface area contributed by atoms with Crippen molar-refractivity contribution in [1.29, 1.82) is 0 Å². The first-order chi connectivity index (χ1) is 11.7. The van der Waals surface area contributed by atoms with Crippen LogP contribution < -0.4 is 0 Å². The summed E-state index contributed by atoms with van der Waals surface area (Å²) in [5.41, 5.74) is 2.21. The first-order valence-electron chi connectivity index (χ1n) is 8.62. The molecule has 2 aromatic heterocycles. The van der Waals surface area contributed by atoms with Crippen LogP contribution in [0.1, 0.15) is 31.0 Å². The molecule has 1 amide bonds. The maximum Gasteiger partial charge on any atom is 0.226 e. The lowest BCUT2D eigenvalue weighted by Crippen LogP contribution is -2.33. The van der Waals surface area contributed by atoms with Gasteiger partial charge in [0.1, 0.15) is 5.82 Å². The van der Waals surface area contributed by atoms with E-state index in [1.165, 1.54) is 0 Å². The summed E-state index contributed by atoms with van der Waals surface area (Å²) in [7, 11) is 0. The lowest BCUT2D eigenvalue weighted by molar-refractivity contribution is -0.134. The molecular formula is C19H22N4O. The smallest absolute Gasteiger partial charge is 0.226 e. The second kappa shape index (κ2) is 6.23. The van der Waals surface area contributed by atoms with Gasteiger partial charge in [0.05, 0.1) is 6.04 Å². The Morgan fingerprint density at radius 3 is 2.71 bits per heavy atom. The van der Waals surface area contributed by atoms with E-state index in [0.29, 0.717) is 11.9 Å². The molecule has 0 bridgehead atoms. The first kappa shape index (κ1) is 15.1. The van der Waals surface area contributed by atoms with Crippen LogP contribution in [-0.4, -0.2) is 38.4 Å². The molecule has 0 saturated carbocycles. The van der Waals surface area contributed by atoms with Crippen LogP contribution in [0.25, 0.3) is 11.4 Å². The van der Waals surface area contributed by atoms with Crippen LogP contribution in [0.15, 0.2) is 42.9 Å². The summed E-state index contributed by atoms with van der Waals surface area (Å²) in [5.74, 6) is 1.44. The van der Waals surface area contributed by atoms with Crippen LogP contribution in [0.5, 0.6) is 0 Å². The summed E-state index contributed by atoms with van der Waals surface area (Å²) in [6.45, 7) is 3.71. The minimum Gasteiger partial charge on any atom is -0.340 e. The Morgan fingerprint density at radius 1 is 1.21 bits per heavy atom. The number of aromatic nitrogens is 3. The van der Waals surface area contributed by atoms with Gasteiger partial charge in [0.25, 0.3) is 0 Å². The lowest BCUT2D eigenvalue weighted by atomic mass is 10.1. The quantitative estimate of drug-likeness (QED) is 0.816. The first-order valence-corrected chi connectivity index (χ1v) is 8.62. The molecule has 1 fully saturated rings. The number of rotatable bonds is 3. The molecule has 1 aliphatic carbocycles.